The zero-order chi connectivity index (χ0) is 33.4. The van der Waals surface area contributed by atoms with Crippen molar-refractivity contribution in [2.24, 2.45) is 0 Å². The molecular formula is C30H38O16. The van der Waals surface area contributed by atoms with Crippen LogP contribution in [0.5, 0.6) is 23.0 Å². The van der Waals surface area contributed by atoms with Gasteiger partial charge < -0.3 is 74.4 Å². The molecular weight excluding hydrogens is 616 g/mol. The summed E-state index contributed by atoms with van der Waals surface area (Å²) in [6, 6.07) is 6.19. The normalized spacial score (nSPS) is 36.1. The van der Waals surface area contributed by atoms with Gasteiger partial charge >= 0.3 is 5.97 Å². The number of hydrogen-bond donors (Lipinski definition) is 9. The second kappa shape index (κ2) is 13.8. The number of phenols is 4. The molecule has 46 heavy (non-hydrogen) atoms. The highest BCUT2D eigenvalue weighted by molar-refractivity contribution is 5.80. The number of benzene rings is 2. The fourth-order valence-electron chi connectivity index (χ4n) is 5.90. The largest absolute Gasteiger partial charge is 0.504 e. The molecule has 0 spiro atoms. The summed E-state index contributed by atoms with van der Waals surface area (Å²) in [5.41, 5.74) is 0.744. The number of hydrogen-bond acceptors (Lipinski definition) is 16. The Bertz CT molecular complexity index is 1390. The maximum atomic E-state index is 13.9. The minimum atomic E-state index is -1.75. The van der Waals surface area contributed by atoms with Crippen LogP contribution in [-0.2, 0) is 39.6 Å². The number of aliphatic hydroxyl groups excluding tert-OH is 5. The highest BCUT2D eigenvalue weighted by Crippen LogP contribution is 2.43. The lowest BCUT2D eigenvalue weighted by Crippen LogP contribution is -2.64. The number of rotatable bonds is 5. The molecule has 2 unspecified atom stereocenters. The topological polar surface area (TPSA) is 255 Å². The Hall–Kier alpha value is -3.29. The van der Waals surface area contributed by atoms with E-state index in [4.69, 9.17) is 28.4 Å². The Labute approximate surface area is 262 Å². The van der Waals surface area contributed by atoms with Gasteiger partial charge in [0.25, 0.3) is 0 Å². The molecule has 16 nitrogen and oxygen atoms in total. The first kappa shape index (κ1) is 34.1. The third-order valence-electron chi connectivity index (χ3n) is 8.49. The molecule has 3 aliphatic heterocycles. The molecule has 2 bridgehead atoms. The number of fused-ring (bicyclic) bond motifs is 3. The maximum absolute atomic E-state index is 13.9. The third-order valence-corrected chi connectivity index (χ3v) is 8.49. The molecule has 0 saturated carbocycles. The summed E-state index contributed by atoms with van der Waals surface area (Å²) in [7, 11) is 1.29. The van der Waals surface area contributed by atoms with Crippen molar-refractivity contribution in [2.75, 3.05) is 20.3 Å². The van der Waals surface area contributed by atoms with E-state index in [9.17, 15) is 50.8 Å². The SMILES string of the molecule is COC(c1ccc(O)c(O)c1)C1C(=O)OC[C@H]2O[C@@H](OCCc3cc(O)c(O)cc31)[C@H](O)[C@@H](O[C@@H]1O[C@@H](C)[C@H](O)[C@@H](O)[C@H]1O)[C@@H]2O. The number of carbonyl (C=O) groups is 1. The molecule has 2 aromatic carbocycles. The molecule has 2 fully saturated rings. The second-order valence-electron chi connectivity index (χ2n) is 11.5. The van der Waals surface area contributed by atoms with Crippen molar-refractivity contribution in [1.82, 2.24) is 0 Å². The molecule has 0 aromatic heterocycles. The summed E-state index contributed by atoms with van der Waals surface area (Å²) >= 11 is 0. The zero-order valence-electron chi connectivity index (χ0n) is 24.8. The quantitative estimate of drug-likeness (QED) is 0.135. The molecule has 2 saturated heterocycles. The van der Waals surface area contributed by atoms with Gasteiger partial charge in [-0.2, -0.15) is 0 Å². The lowest BCUT2D eigenvalue weighted by molar-refractivity contribution is -0.357. The molecule has 12 atom stereocenters. The van der Waals surface area contributed by atoms with E-state index in [0.29, 0.717) is 5.56 Å². The third kappa shape index (κ3) is 6.59. The monoisotopic (exact) mass is 654 g/mol. The van der Waals surface area contributed by atoms with E-state index in [1.54, 1.807) is 0 Å². The first-order chi connectivity index (χ1) is 21.8. The standard InChI is InChI=1S/C30H38O16/c1-11-21(35)23(37)24(38)30(44-11)46-27-22(36)19-10-43-28(40)20(26(41-2)13-3-4-15(31)16(32)8-13)14-9-18(34)17(33)7-12(14)5-6-42-29(45-19)25(27)39/h3-4,7-9,11,19-27,29-39H,5-6,10H2,1-2H3/t11-,19+,20?,21-,22+,23+,24+,25+,26?,27-,29+,30-/m0/s1. The van der Waals surface area contributed by atoms with Crippen LogP contribution < -0.4 is 0 Å². The highest BCUT2D eigenvalue weighted by atomic mass is 16.7. The van der Waals surface area contributed by atoms with E-state index < -0.39 is 109 Å². The average Bonchev–Trinajstić information content (AvgIpc) is 3.02. The Balaban J connectivity index is 1.48. The number of methoxy groups -OCH3 is 1. The molecule has 0 radical (unpaired) electrons. The summed E-state index contributed by atoms with van der Waals surface area (Å²) in [6.07, 6.45) is -16.3. The minimum Gasteiger partial charge on any atom is -0.504 e. The molecule has 5 rings (SSSR count). The van der Waals surface area contributed by atoms with Gasteiger partial charge in [0.2, 0.25) is 0 Å². The Morgan fingerprint density at radius 3 is 2.22 bits per heavy atom. The number of carbonyl (C=O) groups excluding carboxylic acids is 1. The van der Waals surface area contributed by atoms with Gasteiger partial charge in [-0.05, 0) is 54.3 Å². The number of ether oxygens (including phenoxy) is 6. The number of phenolic OH excluding ortho intramolecular Hbond substituents is 4. The van der Waals surface area contributed by atoms with Gasteiger partial charge in [0.1, 0.15) is 55.3 Å². The zero-order valence-corrected chi connectivity index (χ0v) is 24.8. The van der Waals surface area contributed by atoms with Crippen molar-refractivity contribution in [1.29, 1.82) is 0 Å². The van der Waals surface area contributed by atoms with Gasteiger partial charge in [0.15, 0.2) is 35.6 Å². The highest BCUT2D eigenvalue weighted by Gasteiger charge is 2.51. The molecule has 2 aromatic rings. The van der Waals surface area contributed by atoms with Crippen LogP contribution in [0.1, 0.15) is 35.6 Å². The Morgan fingerprint density at radius 2 is 1.52 bits per heavy atom. The first-order valence-electron chi connectivity index (χ1n) is 14.6. The van der Waals surface area contributed by atoms with Crippen LogP contribution >= 0.6 is 0 Å². The molecule has 16 heteroatoms. The van der Waals surface area contributed by atoms with Gasteiger partial charge in [-0.1, -0.05) is 6.07 Å². The van der Waals surface area contributed by atoms with E-state index in [-0.39, 0.29) is 24.2 Å². The summed E-state index contributed by atoms with van der Waals surface area (Å²) in [6.45, 7) is 0.627. The fourth-order valence-corrected chi connectivity index (χ4v) is 5.90. The van der Waals surface area contributed by atoms with E-state index in [1.807, 2.05) is 0 Å². The number of cyclic esters (lactones) is 1. The van der Waals surface area contributed by atoms with E-state index in [0.717, 1.165) is 0 Å². The lowest BCUT2D eigenvalue weighted by Gasteiger charge is -2.46. The summed E-state index contributed by atoms with van der Waals surface area (Å²) in [5.74, 6) is -4.21. The van der Waals surface area contributed by atoms with Crippen molar-refractivity contribution in [3.05, 3.63) is 47.0 Å². The molecule has 3 aliphatic rings. The number of aliphatic hydroxyl groups is 5. The smallest absolute Gasteiger partial charge is 0.316 e. The van der Waals surface area contributed by atoms with Gasteiger partial charge in [-0.3, -0.25) is 4.79 Å². The van der Waals surface area contributed by atoms with Crippen molar-refractivity contribution < 1.29 is 79.2 Å². The predicted molar refractivity (Wildman–Crippen MR) is 151 cm³/mol. The van der Waals surface area contributed by atoms with Gasteiger partial charge in [-0.25, -0.2) is 0 Å². The minimum absolute atomic E-state index is 0.0123. The lowest BCUT2D eigenvalue weighted by atomic mass is 9.85. The predicted octanol–water partition coefficient (Wildman–Crippen LogP) is -1.24. The first-order valence-corrected chi connectivity index (χ1v) is 14.6. The van der Waals surface area contributed by atoms with Crippen molar-refractivity contribution in [3.63, 3.8) is 0 Å². The van der Waals surface area contributed by atoms with Gasteiger partial charge in [0, 0.05) is 7.11 Å². The van der Waals surface area contributed by atoms with Crippen molar-refractivity contribution in [2.45, 2.75) is 86.8 Å². The van der Waals surface area contributed by atoms with Crippen LogP contribution in [-0.4, -0.2) is 134 Å². The molecule has 9 N–H and O–H groups in total. The van der Waals surface area contributed by atoms with Crippen LogP contribution in [0.2, 0.25) is 0 Å². The van der Waals surface area contributed by atoms with E-state index in [1.165, 1.54) is 44.4 Å². The molecule has 0 aliphatic carbocycles. The van der Waals surface area contributed by atoms with Crippen LogP contribution in [0, 0.1) is 0 Å². The number of aromatic hydroxyl groups is 4. The van der Waals surface area contributed by atoms with Crippen molar-refractivity contribution in [3.8, 4) is 23.0 Å². The average molecular weight is 655 g/mol. The summed E-state index contributed by atoms with van der Waals surface area (Å²) in [4.78, 5) is 13.9. The molecule has 254 valence electrons. The summed E-state index contributed by atoms with van der Waals surface area (Å²) < 4.78 is 34.0. The van der Waals surface area contributed by atoms with Gasteiger partial charge in [-0.15, -0.1) is 0 Å². The molecule has 3 heterocycles. The Morgan fingerprint density at radius 1 is 0.826 bits per heavy atom. The number of esters is 1. The van der Waals surface area contributed by atoms with Crippen LogP contribution in [0.4, 0.5) is 0 Å². The summed E-state index contributed by atoms with van der Waals surface area (Å²) in [5, 5.41) is 93.6. The van der Waals surface area contributed by atoms with E-state index in [2.05, 4.69) is 0 Å². The molecule has 0 amide bonds. The maximum Gasteiger partial charge on any atom is 0.316 e. The van der Waals surface area contributed by atoms with E-state index >= 15 is 0 Å². The van der Waals surface area contributed by atoms with Gasteiger partial charge in [0.05, 0.1) is 18.8 Å². The van der Waals surface area contributed by atoms with Crippen molar-refractivity contribution >= 4 is 5.97 Å². The second-order valence-corrected chi connectivity index (χ2v) is 11.5. The van der Waals surface area contributed by atoms with Crippen LogP contribution in [0.15, 0.2) is 30.3 Å². The fraction of sp³-hybridized carbons (Fsp3) is 0.567. The van der Waals surface area contributed by atoms with Crippen LogP contribution in [0.25, 0.3) is 0 Å². The van der Waals surface area contributed by atoms with Crippen LogP contribution in [0.3, 0.4) is 0 Å². The Kier molecular flexibility index (Phi) is 10.2.